The van der Waals surface area contributed by atoms with E-state index in [1.807, 2.05) is 0 Å². The molecule has 1 aliphatic rings. The second-order valence-corrected chi connectivity index (χ2v) is 6.28. The molecule has 0 amide bonds. The Morgan fingerprint density at radius 3 is 2.11 bits per heavy atom. The maximum Gasteiger partial charge on any atom is 0.338 e. The number of esters is 1. The molecule has 2 aromatic carbocycles. The Morgan fingerprint density at radius 1 is 1.00 bits per heavy atom. The Bertz CT molecular complexity index is 792. The number of ether oxygens (including phenoxy) is 2. The number of carbonyl (C=O) groups excluding carboxylic acids is 2. The average Bonchev–Trinajstić information content (AvgIpc) is 2.98. The molecule has 0 spiro atoms. The first-order chi connectivity index (χ1) is 13.0. The highest BCUT2D eigenvalue weighted by Crippen LogP contribution is 2.34. The quantitative estimate of drug-likeness (QED) is 0.502. The molecule has 0 aliphatic carbocycles. The minimum Gasteiger partial charge on any atom is -0.459 e. The Labute approximate surface area is 155 Å². The molecule has 2 aromatic rings. The van der Waals surface area contributed by atoms with Crippen molar-refractivity contribution in [1.29, 1.82) is 0 Å². The third kappa shape index (κ3) is 3.63. The molecular formula is C20H20O7. The van der Waals surface area contributed by atoms with Crippen LogP contribution in [0.25, 0.3) is 0 Å². The predicted molar refractivity (Wildman–Crippen MR) is 94.2 cm³/mol. The van der Waals surface area contributed by atoms with Crippen molar-refractivity contribution in [2.75, 3.05) is 13.2 Å². The van der Waals surface area contributed by atoms with E-state index in [1.165, 1.54) is 12.1 Å². The summed E-state index contributed by atoms with van der Waals surface area (Å²) in [5.74, 6) is -1.43. The Hall–Kier alpha value is -2.58. The van der Waals surface area contributed by atoms with Crippen molar-refractivity contribution >= 4 is 11.8 Å². The van der Waals surface area contributed by atoms with Crippen LogP contribution < -0.4 is 0 Å². The minimum absolute atomic E-state index is 0.167. The van der Waals surface area contributed by atoms with E-state index in [1.54, 1.807) is 48.5 Å². The van der Waals surface area contributed by atoms with Crippen LogP contribution in [0.4, 0.5) is 0 Å². The third-order valence-electron chi connectivity index (χ3n) is 4.59. The van der Waals surface area contributed by atoms with Gasteiger partial charge in [-0.1, -0.05) is 48.5 Å². The first kappa shape index (κ1) is 19.2. The Kier molecular flexibility index (Phi) is 5.67. The molecule has 0 radical (unpaired) electrons. The molecule has 4 atom stereocenters. The van der Waals surface area contributed by atoms with E-state index in [9.17, 15) is 24.9 Å². The number of hydrogen-bond acceptors (Lipinski definition) is 7. The zero-order valence-corrected chi connectivity index (χ0v) is 14.4. The standard InChI is InChI=1S/C20H20O7/c21-11-15-18(23)20(25,17(22)13-7-3-1-4-8-13)16(27-15)12-26-19(24)14-9-5-2-6-10-14/h1-10,15-16,18,21,23,25H,11-12H2/t15-,16+,18+,20-/m0/s1. The summed E-state index contributed by atoms with van der Waals surface area (Å²) >= 11 is 0. The van der Waals surface area contributed by atoms with E-state index >= 15 is 0 Å². The molecule has 0 saturated carbocycles. The largest absolute Gasteiger partial charge is 0.459 e. The van der Waals surface area contributed by atoms with Gasteiger partial charge >= 0.3 is 5.97 Å². The lowest BCUT2D eigenvalue weighted by molar-refractivity contribution is -0.0726. The van der Waals surface area contributed by atoms with Gasteiger partial charge in [0.2, 0.25) is 0 Å². The SMILES string of the molecule is O=C(OC[C@H]1O[C@@H](CO)[C@@H](O)[C@@]1(O)C(=O)c1ccccc1)c1ccccc1. The molecule has 1 heterocycles. The second-order valence-electron chi connectivity index (χ2n) is 6.28. The van der Waals surface area contributed by atoms with Crippen LogP contribution in [-0.4, -0.2) is 64.2 Å². The number of Topliss-reactive ketones (excluding diaryl/α,β-unsaturated/α-hetero) is 1. The van der Waals surface area contributed by atoms with Gasteiger partial charge in [-0.3, -0.25) is 4.79 Å². The van der Waals surface area contributed by atoms with Gasteiger partial charge in [0.05, 0.1) is 12.2 Å². The van der Waals surface area contributed by atoms with Crippen molar-refractivity contribution < 1.29 is 34.4 Å². The smallest absolute Gasteiger partial charge is 0.338 e. The number of aliphatic hydroxyl groups is 3. The van der Waals surface area contributed by atoms with E-state index < -0.39 is 48.9 Å². The fraction of sp³-hybridized carbons (Fsp3) is 0.300. The van der Waals surface area contributed by atoms with Crippen LogP contribution in [0.3, 0.4) is 0 Å². The third-order valence-corrected chi connectivity index (χ3v) is 4.59. The van der Waals surface area contributed by atoms with Crippen molar-refractivity contribution in [2.24, 2.45) is 0 Å². The van der Waals surface area contributed by atoms with E-state index in [0.29, 0.717) is 5.56 Å². The van der Waals surface area contributed by atoms with Gasteiger partial charge in [0, 0.05) is 5.56 Å². The van der Waals surface area contributed by atoms with E-state index in [4.69, 9.17) is 9.47 Å². The lowest BCUT2D eigenvalue weighted by Gasteiger charge is -2.29. The lowest BCUT2D eigenvalue weighted by atomic mass is 9.83. The zero-order chi connectivity index (χ0) is 19.4. The number of hydrogen-bond donors (Lipinski definition) is 3. The van der Waals surface area contributed by atoms with Crippen LogP contribution in [0.15, 0.2) is 60.7 Å². The molecule has 0 bridgehead atoms. The van der Waals surface area contributed by atoms with Crippen molar-refractivity contribution in [3.8, 4) is 0 Å². The normalized spacial score (nSPS) is 27.3. The molecule has 3 N–H and O–H groups in total. The maximum absolute atomic E-state index is 12.9. The summed E-state index contributed by atoms with van der Waals surface area (Å²) in [7, 11) is 0. The summed E-state index contributed by atoms with van der Waals surface area (Å²) in [6.07, 6.45) is -4.18. The lowest BCUT2D eigenvalue weighted by Crippen LogP contribution is -2.56. The van der Waals surface area contributed by atoms with Gasteiger partial charge in [-0.25, -0.2) is 4.79 Å². The van der Waals surface area contributed by atoms with Crippen molar-refractivity contribution in [3.63, 3.8) is 0 Å². The molecule has 0 aromatic heterocycles. The first-order valence-corrected chi connectivity index (χ1v) is 8.47. The average molecular weight is 372 g/mol. The van der Waals surface area contributed by atoms with Gasteiger partial charge in [-0.2, -0.15) is 0 Å². The monoisotopic (exact) mass is 372 g/mol. The van der Waals surface area contributed by atoms with Gasteiger partial charge < -0.3 is 24.8 Å². The highest BCUT2D eigenvalue weighted by molar-refractivity contribution is 6.03. The molecule has 142 valence electrons. The molecule has 0 unspecified atom stereocenters. The summed E-state index contributed by atoms with van der Waals surface area (Å²) in [5, 5.41) is 30.8. The Balaban J connectivity index is 1.81. The fourth-order valence-corrected chi connectivity index (χ4v) is 3.08. The zero-order valence-electron chi connectivity index (χ0n) is 14.4. The Morgan fingerprint density at radius 2 is 1.56 bits per heavy atom. The molecule has 3 rings (SSSR count). The van der Waals surface area contributed by atoms with E-state index in [-0.39, 0.29) is 5.56 Å². The van der Waals surface area contributed by atoms with Crippen LogP contribution in [-0.2, 0) is 9.47 Å². The van der Waals surface area contributed by atoms with E-state index in [0.717, 1.165) is 0 Å². The number of aliphatic hydroxyl groups excluding tert-OH is 2. The number of rotatable bonds is 6. The molecule has 1 fully saturated rings. The van der Waals surface area contributed by atoms with Gasteiger partial charge in [-0.15, -0.1) is 0 Å². The highest BCUT2D eigenvalue weighted by Gasteiger charge is 2.60. The molecule has 7 nitrogen and oxygen atoms in total. The molecule has 27 heavy (non-hydrogen) atoms. The summed E-state index contributed by atoms with van der Waals surface area (Å²) < 4.78 is 10.6. The van der Waals surface area contributed by atoms with Crippen LogP contribution in [0, 0.1) is 0 Å². The molecular weight excluding hydrogens is 352 g/mol. The predicted octanol–water partition coefficient (Wildman–Crippen LogP) is 0.578. The highest BCUT2D eigenvalue weighted by atomic mass is 16.6. The molecule has 7 heteroatoms. The number of ketones is 1. The van der Waals surface area contributed by atoms with Crippen molar-refractivity contribution in [2.45, 2.75) is 23.9 Å². The fourth-order valence-electron chi connectivity index (χ4n) is 3.08. The maximum atomic E-state index is 12.9. The second kappa shape index (κ2) is 7.98. The summed E-state index contributed by atoms with van der Waals surface area (Å²) in [4.78, 5) is 25.0. The van der Waals surface area contributed by atoms with Gasteiger partial charge in [-0.05, 0) is 12.1 Å². The summed E-state index contributed by atoms with van der Waals surface area (Å²) in [5.41, 5.74) is -1.89. The van der Waals surface area contributed by atoms with Crippen molar-refractivity contribution in [1.82, 2.24) is 0 Å². The molecule has 1 aliphatic heterocycles. The first-order valence-electron chi connectivity index (χ1n) is 8.47. The van der Waals surface area contributed by atoms with Crippen molar-refractivity contribution in [3.05, 3.63) is 71.8 Å². The number of carbonyl (C=O) groups is 2. The molecule has 1 saturated heterocycles. The summed E-state index contributed by atoms with van der Waals surface area (Å²) in [6, 6.07) is 16.1. The van der Waals surface area contributed by atoms with Crippen LogP contribution in [0.5, 0.6) is 0 Å². The van der Waals surface area contributed by atoms with Gasteiger partial charge in [0.25, 0.3) is 0 Å². The van der Waals surface area contributed by atoms with Gasteiger partial charge in [0.15, 0.2) is 11.4 Å². The van der Waals surface area contributed by atoms with Crippen LogP contribution in [0.1, 0.15) is 20.7 Å². The number of benzene rings is 2. The summed E-state index contributed by atoms with van der Waals surface area (Å²) in [6.45, 7) is -1.06. The topological polar surface area (TPSA) is 113 Å². The van der Waals surface area contributed by atoms with E-state index in [2.05, 4.69) is 0 Å². The van der Waals surface area contributed by atoms with Crippen LogP contribution >= 0.6 is 0 Å². The van der Waals surface area contributed by atoms with Crippen LogP contribution in [0.2, 0.25) is 0 Å². The van der Waals surface area contributed by atoms with Gasteiger partial charge in [0.1, 0.15) is 24.9 Å². The minimum atomic E-state index is -2.36.